The number of phenolic OH excluding ortho intramolecular Hbond substituents is 2. The number of Topliss-reactive ketones (excluding diaryl/α,β-unsaturated/α-hetero) is 1. The third kappa shape index (κ3) is 7.03. The Morgan fingerprint density at radius 3 is 2.28 bits per heavy atom. The number of nitrogens with one attached hydrogen (secondary N) is 1. The highest BCUT2D eigenvalue weighted by molar-refractivity contribution is 6.21. The highest BCUT2D eigenvalue weighted by Crippen LogP contribution is 2.53. The van der Waals surface area contributed by atoms with E-state index >= 15 is 0 Å². The summed E-state index contributed by atoms with van der Waals surface area (Å²) in [6.45, 7) is 12.4. The Kier molecular flexibility index (Phi) is 11.2. The van der Waals surface area contributed by atoms with Crippen LogP contribution in [-0.2, 0) is 23.8 Å². The van der Waals surface area contributed by atoms with E-state index < -0.39 is 88.8 Å². The molecule has 13 heteroatoms. The highest BCUT2D eigenvalue weighted by Gasteiger charge is 2.49. The second kappa shape index (κ2) is 14.7. The second-order valence-corrected chi connectivity index (χ2v) is 13.4. The third-order valence-corrected chi connectivity index (χ3v) is 9.81. The lowest BCUT2D eigenvalue weighted by Crippen LogP contribution is -2.46. The molecule has 5 N–H and O–H groups in total. The number of amides is 1. The number of carbonyl (C=O) groups excluding carboxylic acids is 3. The van der Waals surface area contributed by atoms with E-state index in [4.69, 9.17) is 18.9 Å². The first-order valence-electron chi connectivity index (χ1n) is 16.4. The van der Waals surface area contributed by atoms with Gasteiger partial charge in [0.2, 0.25) is 0 Å². The number of ketones is 1. The summed E-state index contributed by atoms with van der Waals surface area (Å²) in [4.78, 5) is 39.2. The molecule has 3 aliphatic rings. The lowest BCUT2D eigenvalue weighted by Gasteiger charge is -2.38. The van der Waals surface area contributed by atoms with Gasteiger partial charge in [0.15, 0.2) is 0 Å². The largest absolute Gasteiger partial charge is 0.872 e. The number of methoxy groups -OCH3 is 1. The van der Waals surface area contributed by atoms with Crippen molar-refractivity contribution < 1.29 is 58.9 Å². The van der Waals surface area contributed by atoms with Gasteiger partial charge in [-0.15, -0.1) is 0 Å². The number of hydrogen-bond donors (Lipinski definition) is 5. The first kappa shape index (κ1) is 38.2. The molecule has 2 aromatic carbocycles. The minimum atomic E-state index is -2.01. The smallest absolute Gasteiger partial charge is 0.312 e. The second-order valence-electron chi connectivity index (χ2n) is 13.4. The maximum absolute atomic E-state index is 13.9. The Bertz CT molecular complexity index is 1760. The zero-order valence-electron chi connectivity index (χ0n) is 29.6. The molecule has 0 radical (unpaired) electrons. The molecule has 0 aromatic heterocycles. The minimum Gasteiger partial charge on any atom is -0.872 e. The molecule has 50 heavy (non-hydrogen) atoms. The van der Waals surface area contributed by atoms with Crippen LogP contribution in [-0.4, -0.2) is 75.4 Å². The van der Waals surface area contributed by atoms with Crippen LogP contribution in [0.15, 0.2) is 42.2 Å². The van der Waals surface area contributed by atoms with Crippen molar-refractivity contribution in [2.24, 2.45) is 23.7 Å². The number of benzene rings is 2. The molecule has 0 saturated carbocycles. The van der Waals surface area contributed by atoms with Crippen LogP contribution in [0.1, 0.15) is 64.4 Å². The molecule has 2 aromatic rings. The Morgan fingerprint density at radius 2 is 1.66 bits per heavy atom. The van der Waals surface area contributed by atoms with Gasteiger partial charge in [-0.3, -0.25) is 14.4 Å². The Morgan fingerprint density at radius 1 is 1.00 bits per heavy atom. The fourth-order valence-electron chi connectivity index (χ4n) is 6.64. The zero-order valence-corrected chi connectivity index (χ0v) is 29.6. The quantitative estimate of drug-likeness (QED) is 0.171. The summed E-state index contributed by atoms with van der Waals surface area (Å²) in [5.74, 6) is -8.51. The molecule has 3 heterocycles. The van der Waals surface area contributed by atoms with Gasteiger partial charge < -0.3 is 49.8 Å². The fourth-order valence-corrected chi connectivity index (χ4v) is 6.64. The maximum Gasteiger partial charge on any atom is 0.312 e. The Labute approximate surface area is 290 Å². The van der Waals surface area contributed by atoms with Gasteiger partial charge >= 0.3 is 11.8 Å². The van der Waals surface area contributed by atoms with Crippen molar-refractivity contribution in [1.82, 2.24) is 0 Å². The summed E-state index contributed by atoms with van der Waals surface area (Å²) in [6.07, 6.45) is 3.53. The number of fused-ring (bicyclic) bond motifs is 14. The number of anilines is 1. The topological polar surface area (TPSA) is 204 Å². The molecule has 0 unspecified atom stereocenters. The zero-order chi connectivity index (χ0) is 37.4. The summed E-state index contributed by atoms with van der Waals surface area (Å²) in [6, 6.07) is 1.03. The molecule has 0 saturated heterocycles. The molecule has 0 spiro atoms. The van der Waals surface area contributed by atoms with E-state index in [1.807, 2.05) is 0 Å². The van der Waals surface area contributed by atoms with E-state index in [0.29, 0.717) is 0 Å². The number of aromatic hydroxyl groups is 2. The lowest BCUT2D eigenvalue weighted by molar-refractivity contribution is -0.266. The van der Waals surface area contributed by atoms with Crippen LogP contribution in [0.3, 0.4) is 0 Å². The molecular weight excluding hydrogens is 650 g/mol. The van der Waals surface area contributed by atoms with Gasteiger partial charge in [-0.25, -0.2) is 0 Å². The molecule has 272 valence electrons. The predicted molar refractivity (Wildman–Crippen MR) is 182 cm³/mol. The van der Waals surface area contributed by atoms with Crippen molar-refractivity contribution in [3.63, 3.8) is 0 Å². The number of hydrogen-bond acceptors (Lipinski definition) is 12. The first-order chi connectivity index (χ1) is 23.4. The maximum atomic E-state index is 13.9. The van der Waals surface area contributed by atoms with Gasteiger partial charge in [-0.2, -0.15) is 0 Å². The number of phenols is 2. The number of aliphatic hydroxyl groups excluding tert-OH is 2. The van der Waals surface area contributed by atoms with Crippen LogP contribution in [0.25, 0.3) is 10.8 Å². The molecular formula is C37H46NO12-. The standard InChI is InChI=1S/C37H47NO12/c1-16-11-10-12-17(2)36(46)38-23-15-24(40)26-27(32(23)44)31(43)21(6)34-28(26)35(45)37(8,50-34)48-14-13-25(47-9)18(3)33(49-22(7)39)20(5)30(42)19(4)29(16)41/h10-16,18-20,25,29-30,33,40-44H,1-9H3,(H,38,46)/p-1/b11-10+,14-13+,17-12-/t16-,18+,19+,20+,25-,29-,30+,33+,37-/m0/s1. The summed E-state index contributed by atoms with van der Waals surface area (Å²) >= 11 is 0. The summed E-state index contributed by atoms with van der Waals surface area (Å²) in [5, 5.41) is 60.2. The van der Waals surface area contributed by atoms with E-state index in [0.717, 1.165) is 6.07 Å². The Balaban J connectivity index is 1.87. The van der Waals surface area contributed by atoms with Crippen molar-refractivity contribution in [2.45, 2.75) is 85.6 Å². The van der Waals surface area contributed by atoms with Gasteiger partial charge in [-0.1, -0.05) is 51.7 Å². The monoisotopic (exact) mass is 696 g/mol. The van der Waals surface area contributed by atoms with Gasteiger partial charge in [0.1, 0.15) is 23.4 Å². The van der Waals surface area contributed by atoms with E-state index in [2.05, 4.69) is 5.32 Å². The number of ether oxygens (including phenoxy) is 4. The van der Waals surface area contributed by atoms with Crippen molar-refractivity contribution in [3.8, 4) is 23.0 Å². The summed E-state index contributed by atoms with van der Waals surface area (Å²) in [7, 11) is 1.43. The van der Waals surface area contributed by atoms with Crippen LogP contribution in [0.4, 0.5) is 5.69 Å². The third-order valence-electron chi connectivity index (χ3n) is 9.81. The average Bonchev–Trinajstić information content (AvgIpc) is 3.33. The van der Waals surface area contributed by atoms with Crippen LogP contribution in [0.5, 0.6) is 23.0 Å². The molecule has 5 rings (SSSR count). The van der Waals surface area contributed by atoms with Gasteiger partial charge in [0.25, 0.3) is 11.7 Å². The first-order valence-corrected chi connectivity index (χ1v) is 16.4. The van der Waals surface area contributed by atoms with Crippen molar-refractivity contribution in [1.29, 1.82) is 0 Å². The summed E-state index contributed by atoms with van der Waals surface area (Å²) in [5.41, 5.74) is -0.300. The SMILES string of the molecule is CO[C@H]1/C=C/O[C@@]2(C)Oc3c(C)c([O-])c4c(O)c(cc(O)c4c3C2=O)NC(=O)/C(C)=C\C=C\[C@H](C)[C@H](O)[C@@H](C)[C@@H](O)[C@@H](C)[C@H](OC(C)=O)[C@@H]1C. The Hall–Kier alpha value is -4.59. The molecule has 13 nitrogen and oxygen atoms in total. The van der Waals surface area contributed by atoms with E-state index in [-0.39, 0.29) is 38.9 Å². The number of esters is 1. The fraction of sp³-hybridized carbons (Fsp3) is 0.486. The van der Waals surface area contributed by atoms with Crippen LogP contribution in [0, 0.1) is 30.6 Å². The summed E-state index contributed by atoms with van der Waals surface area (Å²) < 4.78 is 23.1. The van der Waals surface area contributed by atoms with Gasteiger partial charge in [0, 0.05) is 67.0 Å². The molecule has 0 aliphatic carbocycles. The average molecular weight is 697 g/mol. The van der Waals surface area contributed by atoms with Gasteiger partial charge in [0.05, 0.1) is 35.8 Å². The van der Waals surface area contributed by atoms with E-state index in [1.54, 1.807) is 39.8 Å². The van der Waals surface area contributed by atoms with Crippen molar-refractivity contribution >= 4 is 34.1 Å². The normalized spacial score (nSPS) is 33.2. The molecule has 9 atom stereocenters. The van der Waals surface area contributed by atoms with Crippen molar-refractivity contribution in [2.75, 3.05) is 12.4 Å². The van der Waals surface area contributed by atoms with Crippen LogP contribution >= 0.6 is 0 Å². The lowest BCUT2D eigenvalue weighted by atomic mass is 9.78. The van der Waals surface area contributed by atoms with E-state index in [1.165, 1.54) is 53.2 Å². The van der Waals surface area contributed by atoms with E-state index in [9.17, 15) is 39.9 Å². The molecule has 1 amide bonds. The number of allylic oxidation sites excluding steroid dienone is 2. The predicted octanol–water partition coefficient (Wildman–Crippen LogP) is 4.12. The number of aliphatic hydroxyl groups is 2. The molecule has 0 fully saturated rings. The van der Waals surface area contributed by atoms with Crippen LogP contribution < -0.4 is 15.2 Å². The van der Waals surface area contributed by atoms with Gasteiger partial charge in [-0.05, 0) is 25.5 Å². The number of carbonyl (C=O) groups is 3. The van der Waals surface area contributed by atoms with Crippen LogP contribution in [0.2, 0.25) is 0 Å². The number of rotatable bonds is 2. The minimum absolute atomic E-state index is 0.0345. The van der Waals surface area contributed by atoms with Crippen molar-refractivity contribution in [3.05, 3.63) is 53.3 Å². The molecule has 5 bridgehead atoms. The highest BCUT2D eigenvalue weighted by atomic mass is 16.7. The molecule has 3 aliphatic heterocycles.